The molecule has 0 spiro atoms. The van der Waals surface area contributed by atoms with Crippen molar-refractivity contribution in [2.75, 3.05) is 0 Å². The van der Waals surface area contributed by atoms with Gasteiger partial charge < -0.3 is 50.0 Å². The number of ether oxygens (including phenoxy) is 3. The van der Waals surface area contributed by atoms with Gasteiger partial charge in [0.05, 0.1) is 5.56 Å². The third-order valence-corrected chi connectivity index (χ3v) is 5.35. The zero-order chi connectivity index (χ0) is 26.3. The van der Waals surface area contributed by atoms with Gasteiger partial charge in [0.2, 0.25) is 5.75 Å². The van der Waals surface area contributed by atoms with Crippen LogP contribution in [0.15, 0.2) is 36.4 Å². The highest BCUT2D eigenvalue weighted by molar-refractivity contribution is 5.91. The molecule has 1 aliphatic heterocycles. The van der Waals surface area contributed by atoms with Crippen molar-refractivity contribution >= 4 is 5.97 Å². The summed E-state index contributed by atoms with van der Waals surface area (Å²) in [6.45, 7) is -3.37. The molecule has 1 aliphatic rings. The van der Waals surface area contributed by atoms with Gasteiger partial charge in [0, 0.05) is 29.7 Å². The average Bonchev–Trinajstić information content (AvgIpc) is 2.79. The van der Waals surface area contributed by atoms with Gasteiger partial charge in [-0.05, 0) is 24.3 Å². The molecule has 4 rings (SSSR count). The van der Waals surface area contributed by atoms with Crippen LogP contribution in [0.3, 0.4) is 0 Å². The molecule has 0 radical (unpaired) electrons. The number of carbonyl (C=O) groups excluding carboxylic acids is 1. The Labute approximate surface area is 200 Å². The first-order valence-corrected chi connectivity index (χ1v) is 10.1. The molecule has 7 N–H and O–H groups in total. The van der Waals surface area contributed by atoms with Gasteiger partial charge in [0.25, 0.3) is 0 Å². The molecular weight excluding hydrogens is 490 g/mol. The molecule has 0 aromatic heterocycles. The molecule has 1 heterocycles. The number of phenolic OH excluding ortho intramolecular Hbond substituents is 7. The second kappa shape index (κ2) is 9.09. The number of hydrogen-bond donors (Lipinski definition) is 7. The maximum atomic E-state index is 12.9. The molecule has 3 aromatic rings. The van der Waals surface area contributed by atoms with Crippen molar-refractivity contribution < 1.29 is 63.5 Å². The lowest BCUT2D eigenvalue weighted by molar-refractivity contribution is -0.0515. The van der Waals surface area contributed by atoms with E-state index in [-0.39, 0.29) is 29.0 Å². The number of carbonyl (C=O) groups is 1. The fourth-order valence-electron chi connectivity index (χ4n) is 3.73. The van der Waals surface area contributed by atoms with E-state index in [4.69, 9.17) is 9.47 Å². The summed E-state index contributed by atoms with van der Waals surface area (Å²) in [5.41, 5.74) is -0.342. The smallest absolute Gasteiger partial charge is 0.387 e. The summed E-state index contributed by atoms with van der Waals surface area (Å²) < 4.78 is 40.6. The predicted octanol–water partition coefficient (Wildman–Crippen LogP) is 3.13. The summed E-state index contributed by atoms with van der Waals surface area (Å²) in [5.74, 6) is -7.04. The van der Waals surface area contributed by atoms with Crippen LogP contribution in [0.4, 0.5) is 8.78 Å². The topological polar surface area (TPSA) is 186 Å². The molecule has 3 aromatic carbocycles. The molecule has 0 bridgehead atoms. The number of alkyl halides is 2. The van der Waals surface area contributed by atoms with E-state index >= 15 is 0 Å². The van der Waals surface area contributed by atoms with Crippen molar-refractivity contribution in [2.45, 2.75) is 25.2 Å². The van der Waals surface area contributed by atoms with Crippen LogP contribution in [0, 0.1) is 0 Å². The fourth-order valence-corrected chi connectivity index (χ4v) is 3.73. The van der Waals surface area contributed by atoms with Gasteiger partial charge in [-0.3, -0.25) is 0 Å². The van der Waals surface area contributed by atoms with Crippen molar-refractivity contribution in [3.8, 4) is 51.7 Å². The molecule has 13 heteroatoms. The number of esters is 1. The van der Waals surface area contributed by atoms with Crippen LogP contribution >= 0.6 is 0 Å². The SMILES string of the molecule is O=C(O[C@@H]1Cc2c(O)cc(O)cc2O[C@H]1c1cc(O)c(O)c(O)c1)c1cc(O)c(O)c(OC(F)F)c1. The van der Waals surface area contributed by atoms with Crippen LogP contribution in [0.1, 0.15) is 27.6 Å². The lowest BCUT2D eigenvalue weighted by Gasteiger charge is -2.34. The van der Waals surface area contributed by atoms with Crippen LogP contribution in [-0.2, 0) is 11.2 Å². The molecule has 11 nitrogen and oxygen atoms in total. The molecule has 2 atom stereocenters. The summed E-state index contributed by atoms with van der Waals surface area (Å²) in [7, 11) is 0. The van der Waals surface area contributed by atoms with Crippen molar-refractivity contribution in [2.24, 2.45) is 0 Å². The van der Waals surface area contributed by atoms with E-state index < -0.39 is 70.6 Å². The van der Waals surface area contributed by atoms with Crippen LogP contribution in [0.5, 0.6) is 51.7 Å². The molecule has 0 fully saturated rings. The Balaban J connectivity index is 1.73. The van der Waals surface area contributed by atoms with E-state index in [1.54, 1.807) is 0 Å². The number of fused-ring (bicyclic) bond motifs is 1. The largest absolute Gasteiger partial charge is 0.508 e. The number of benzene rings is 3. The van der Waals surface area contributed by atoms with Crippen LogP contribution < -0.4 is 9.47 Å². The Hall–Kier alpha value is -4.81. The van der Waals surface area contributed by atoms with Gasteiger partial charge in [-0.15, -0.1) is 0 Å². The Morgan fingerprint density at radius 1 is 0.861 bits per heavy atom. The van der Waals surface area contributed by atoms with Crippen LogP contribution in [-0.4, -0.2) is 54.4 Å². The zero-order valence-electron chi connectivity index (χ0n) is 17.9. The van der Waals surface area contributed by atoms with Crippen molar-refractivity contribution in [1.82, 2.24) is 0 Å². The summed E-state index contributed by atoms with van der Waals surface area (Å²) in [5, 5.41) is 69.0. The molecular formula is C23H18F2O11. The van der Waals surface area contributed by atoms with Gasteiger partial charge in [0.15, 0.2) is 34.9 Å². The summed E-state index contributed by atoms with van der Waals surface area (Å²) in [4.78, 5) is 12.9. The van der Waals surface area contributed by atoms with E-state index in [0.29, 0.717) is 6.07 Å². The molecule has 0 saturated heterocycles. The minimum absolute atomic E-state index is 0.00764. The first-order valence-electron chi connectivity index (χ1n) is 10.1. The molecule has 0 saturated carbocycles. The highest BCUT2D eigenvalue weighted by Gasteiger charge is 2.37. The van der Waals surface area contributed by atoms with Crippen molar-refractivity contribution in [1.29, 1.82) is 0 Å². The first kappa shape index (κ1) is 24.3. The highest BCUT2D eigenvalue weighted by atomic mass is 19.3. The second-order valence-electron chi connectivity index (χ2n) is 7.76. The van der Waals surface area contributed by atoms with E-state index in [0.717, 1.165) is 24.3 Å². The third kappa shape index (κ3) is 4.58. The van der Waals surface area contributed by atoms with Crippen molar-refractivity contribution in [3.05, 3.63) is 53.1 Å². The first-order chi connectivity index (χ1) is 16.9. The van der Waals surface area contributed by atoms with Gasteiger partial charge in [0.1, 0.15) is 23.4 Å². The third-order valence-electron chi connectivity index (χ3n) is 5.35. The quantitative estimate of drug-likeness (QED) is 0.198. The minimum atomic E-state index is -3.37. The lowest BCUT2D eigenvalue weighted by Crippen LogP contribution is -2.34. The van der Waals surface area contributed by atoms with Crippen LogP contribution in [0.25, 0.3) is 0 Å². The maximum absolute atomic E-state index is 12.9. The maximum Gasteiger partial charge on any atom is 0.387 e. The Kier molecular flexibility index (Phi) is 6.14. The van der Waals surface area contributed by atoms with E-state index in [9.17, 15) is 49.3 Å². The predicted molar refractivity (Wildman–Crippen MR) is 114 cm³/mol. The summed E-state index contributed by atoms with van der Waals surface area (Å²) in [6, 6.07) is 5.70. The Morgan fingerprint density at radius 3 is 2.14 bits per heavy atom. The molecule has 190 valence electrons. The molecule has 0 aliphatic carbocycles. The Bertz CT molecular complexity index is 1320. The van der Waals surface area contributed by atoms with Gasteiger partial charge in [-0.25, -0.2) is 4.79 Å². The second-order valence-corrected chi connectivity index (χ2v) is 7.76. The Morgan fingerprint density at radius 2 is 1.50 bits per heavy atom. The van der Waals surface area contributed by atoms with Crippen molar-refractivity contribution in [3.63, 3.8) is 0 Å². The lowest BCUT2D eigenvalue weighted by atomic mass is 9.93. The molecule has 36 heavy (non-hydrogen) atoms. The monoisotopic (exact) mass is 508 g/mol. The normalized spacial score (nSPS) is 16.8. The summed E-state index contributed by atoms with van der Waals surface area (Å²) in [6.07, 6.45) is -2.79. The van der Waals surface area contributed by atoms with E-state index in [1.807, 2.05) is 0 Å². The summed E-state index contributed by atoms with van der Waals surface area (Å²) >= 11 is 0. The number of phenols is 7. The number of aromatic hydroxyl groups is 7. The van der Waals surface area contributed by atoms with Gasteiger partial charge >= 0.3 is 12.6 Å². The fraction of sp³-hybridized carbons (Fsp3) is 0.174. The molecule has 0 unspecified atom stereocenters. The number of halogens is 2. The number of hydrogen-bond acceptors (Lipinski definition) is 11. The van der Waals surface area contributed by atoms with Crippen LogP contribution in [0.2, 0.25) is 0 Å². The zero-order valence-corrected chi connectivity index (χ0v) is 17.9. The van der Waals surface area contributed by atoms with Gasteiger partial charge in [-0.1, -0.05) is 0 Å². The highest BCUT2D eigenvalue weighted by Crippen LogP contribution is 2.46. The number of rotatable bonds is 5. The van der Waals surface area contributed by atoms with Gasteiger partial charge in [-0.2, -0.15) is 8.78 Å². The standard InChI is InChI=1S/C23H18F2O11/c24-23(25)36-17-4-9(3-15(30)20(17)32)22(33)35-18-7-11-12(27)5-10(26)6-16(11)34-21(18)8-1-13(28)19(31)14(29)2-8/h1-6,18,21,23,26-32H,7H2/t18-,21+/m1/s1. The average molecular weight is 508 g/mol. The van der Waals surface area contributed by atoms with E-state index in [2.05, 4.69) is 4.74 Å². The molecule has 0 amide bonds. The van der Waals surface area contributed by atoms with E-state index in [1.165, 1.54) is 6.07 Å². The minimum Gasteiger partial charge on any atom is -0.508 e.